The molecule has 0 aromatic heterocycles. The summed E-state index contributed by atoms with van der Waals surface area (Å²) in [5.74, 6) is 1.31. The van der Waals surface area contributed by atoms with Crippen LogP contribution in [0.2, 0.25) is 0 Å². The smallest absolute Gasteiger partial charge is 0.190 e. The third-order valence-electron chi connectivity index (χ3n) is 4.15. The second-order valence-corrected chi connectivity index (χ2v) is 5.83. The lowest BCUT2D eigenvalue weighted by Gasteiger charge is -2.32. The molecule has 23 heavy (non-hydrogen) atoms. The summed E-state index contributed by atoms with van der Waals surface area (Å²) in [6.07, 6.45) is 3.43. The molecule has 2 unspecified atom stereocenters. The van der Waals surface area contributed by atoms with E-state index in [0.29, 0.717) is 5.92 Å². The predicted octanol–water partition coefficient (Wildman–Crippen LogP) is 2.36. The van der Waals surface area contributed by atoms with Gasteiger partial charge < -0.3 is 20.1 Å². The molecule has 1 aliphatic rings. The normalized spacial score (nSPS) is 21.9. The Balaban J connectivity index is 1.84. The lowest BCUT2D eigenvalue weighted by Crippen LogP contribution is -2.42. The molecule has 2 N–H and O–H groups in total. The summed E-state index contributed by atoms with van der Waals surface area (Å²) in [5.41, 5.74) is 1.27. The SMILES string of the molecule is CN=C(NCCCOC)NCC1CCCOC1c1ccccc1. The van der Waals surface area contributed by atoms with Crippen LogP contribution in [0.25, 0.3) is 0 Å². The molecule has 1 aromatic carbocycles. The first kappa shape index (κ1) is 17.8. The van der Waals surface area contributed by atoms with Crippen molar-refractivity contribution in [3.8, 4) is 0 Å². The van der Waals surface area contributed by atoms with E-state index in [9.17, 15) is 0 Å². The molecule has 1 heterocycles. The first-order chi connectivity index (χ1) is 11.3. The van der Waals surface area contributed by atoms with Crippen LogP contribution in [0.3, 0.4) is 0 Å². The van der Waals surface area contributed by atoms with E-state index in [-0.39, 0.29) is 6.10 Å². The summed E-state index contributed by atoms with van der Waals surface area (Å²) in [5, 5.41) is 6.75. The first-order valence-electron chi connectivity index (χ1n) is 8.45. The molecule has 2 atom stereocenters. The van der Waals surface area contributed by atoms with Gasteiger partial charge in [-0.25, -0.2) is 0 Å². The van der Waals surface area contributed by atoms with E-state index in [2.05, 4.69) is 39.9 Å². The summed E-state index contributed by atoms with van der Waals surface area (Å²) in [4.78, 5) is 4.28. The Morgan fingerprint density at radius 1 is 1.30 bits per heavy atom. The van der Waals surface area contributed by atoms with E-state index in [1.165, 1.54) is 12.0 Å². The Bertz CT molecular complexity index is 465. The standard InChI is InChI=1S/C18H29N3O2/c1-19-18(20-11-7-12-22-2)21-14-16-10-6-13-23-17(16)15-8-4-3-5-9-15/h3-5,8-9,16-17H,6-7,10-14H2,1-2H3,(H2,19,20,21). The van der Waals surface area contributed by atoms with Crippen LogP contribution in [0.4, 0.5) is 0 Å². The van der Waals surface area contributed by atoms with Crippen LogP contribution in [0.5, 0.6) is 0 Å². The lowest BCUT2D eigenvalue weighted by molar-refractivity contribution is -0.0265. The minimum Gasteiger partial charge on any atom is -0.385 e. The van der Waals surface area contributed by atoms with Crippen molar-refractivity contribution in [2.75, 3.05) is 40.5 Å². The van der Waals surface area contributed by atoms with Crippen molar-refractivity contribution >= 4 is 5.96 Å². The van der Waals surface area contributed by atoms with Gasteiger partial charge in [0, 0.05) is 46.4 Å². The Hall–Kier alpha value is -1.59. The van der Waals surface area contributed by atoms with E-state index < -0.39 is 0 Å². The van der Waals surface area contributed by atoms with E-state index in [1.807, 2.05) is 6.07 Å². The second kappa shape index (κ2) is 10.2. The number of benzene rings is 1. The largest absolute Gasteiger partial charge is 0.385 e. The van der Waals surface area contributed by atoms with Crippen molar-refractivity contribution in [3.05, 3.63) is 35.9 Å². The van der Waals surface area contributed by atoms with E-state index in [1.54, 1.807) is 14.2 Å². The third kappa shape index (κ3) is 5.84. The van der Waals surface area contributed by atoms with E-state index in [0.717, 1.165) is 45.1 Å². The predicted molar refractivity (Wildman–Crippen MR) is 93.7 cm³/mol. The number of methoxy groups -OCH3 is 1. The van der Waals surface area contributed by atoms with Gasteiger partial charge in [-0.2, -0.15) is 0 Å². The number of nitrogens with zero attached hydrogens (tertiary/aromatic N) is 1. The number of nitrogens with one attached hydrogen (secondary N) is 2. The summed E-state index contributed by atoms with van der Waals surface area (Å²) < 4.78 is 11.1. The Morgan fingerprint density at radius 3 is 2.87 bits per heavy atom. The summed E-state index contributed by atoms with van der Waals surface area (Å²) in [7, 11) is 3.53. The average Bonchev–Trinajstić information content (AvgIpc) is 2.62. The first-order valence-corrected chi connectivity index (χ1v) is 8.45. The highest BCUT2D eigenvalue weighted by atomic mass is 16.5. The molecular weight excluding hydrogens is 290 g/mol. The molecule has 128 valence electrons. The molecule has 0 amide bonds. The molecule has 0 saturated carbocycles. The molecule has 0 bridgehead atoms. The maximum Gasteiger partial charge on any atom is 0.190 e. The van der Waals surface area contributed by atoms with Gasteiger partial charge >= 0.3 is 0 Å². The highest BCUT2D eigenvalue weighted by Gasteiger charge is 2.27. The number of hydrogen-bond acceptors (Lipinski definition) is 3. The summed E-state index contributed by atoms with van der Waals surface area (Å²) in [6.45, 7) is 3.33. The van der Waals surface area contributed by atoms with Crippen molar-refractivity contribution in [1.82, 2.24) is 10.6 Å². The number of aliphatic imine (C=N–C) groups is 1. The van der Waals surface area contributed by atoms with Gasteiger partial charge in [-0.1, -0.05) is 30.3 Å². The molecule has 1 aliphatic heterocycles. The molecule has 1 aromatic rings. The maximum absolute atomic E-state index is 6.04. The van der Waals surface area contributed by atoms with Gasteiger partial charge in [0.2, 0.25) is 0 Å². The number of rotatable bonds is 7. The number of ether oxygens (including phenoxy) is 2. The zero-order valence-electron chi connectivity index (χ0n) is 14.3. The highest BCUT2D eigenvalue weighted by molar-refractivity contribution is 5.79. The Morgan fingerprint density at radius 2 is 2.13 bits per heavy atom. The van der Waals surface area contributed by atoms with Crippen LogP contribution in [0, 0.1) is 5.92 Å². The van der Waals surface area contributed by atoms with Crippen LogP contribution in [-0.4, -0.2) is 46.4 Å². The fourth-order valence-electron chi connectivity index (χ4n) is 2.94. The second-order valence-electron chi connectivity index (χ2n) is 5.83. The monoisotopic (exact) mass is 319 g/mol. The van der Waals surface area contributed by atoms with Crippen LogP contribution < -0.4 is 10.6 Å². The van der Waals surface area contributed by atoms with Gasteiger partial charge in [-0.3, -0.25) is 4.99 Å². The lowest BCUT2D eigenvalue weighted by atomic mass is 9.89. The molecule has 0 radical (unpaired) electrons. The van der Waals surface area contributed by atoms with Gasteiger partial charge in [0.1, 0.15) is 0 Å². The zero-order chi connectivity index (χ0) is 16.3. The van der Waals surface area contributed by atoms with Crippen molar-refractivity contribution in [2.24, 2.45) is 10.9 Å². The average molecular weight is 319 g/mol. The van der Waals surface area contributed by atoms with Crippen LogP contribution in [0.1, 0.15) is 30.9 Å². The minimum atomic E-state index is 0.170. The number of guanidine groups is 1. The summed E-state index contributed by atoms with van der Waals surface area (Å²) in [6, 6.07) is 10.5. The van der Waals surface area contributed by atoms with Crippen LogP contribution >= 0.6 is 0 Å². The highest BCUT2D eigenvalue weighted by Crippen LogP contribution is 2.32. The van der Waals surface area contributed by atoms with Crippen molar-refractivity contribution in [1.29, 1.82) is 0 Å². The van der Waals surface area contributed by atoms with Gasteiger partial charge in [0.25, 0.3) is 0 Å². The van der Waals surface area contributed by atoms with Gasteiger partial charge in [-0.05, 0) is 24.8 Å². The van der Waals surface area contributed by atoms with Gasteiger partial charge in [-0.15, -0.1) is 0 Å². The van der Waals surface area contributed by atoms with Crippen LogP contribution in [-0.2, 0) is 9.47 Å². The third-order valence-corrected chi connectivity index (χ3v) is 4.15. The molecule has 5 nitrogen and oxygen atoms in total. The van der Waals surface area contributed by atoms with E-state index in [4.69, 9.17) is 9.47 Å². The molecular formula is C18H29N3O2. The Labute approximate surface area is 139 Å². The number of hydrogen-bond donors (Lipinski definition) is 2. The molecule has 1 saturated heterocycles. The molecule has 0 aliphatic carbocycles. The zero-order valence-corrected chi connectivity index (χ0v) is 14.3. The quantitative estimate of drug-likeness (QED) is 0.460. The molecule has 2 rings (SSSR count). The fraction of sp³-hybridized carbons (Fsp3) is 0.611. The van der Waals surface area contributed by atoms with Gasteiger partial charge in [0.05, 0.1) is 6.10 Å². The van der Waals surface area contributed by atoms with Crippen molar-refractivity contribution in [2.45, 2.75) is 25.4 Å². The van der Waals surface area contributed by atoms with Crippen molar-refractivity contribution in [3.63, 3.8) is 0 Å². The maximum atomic E-state index is 6.04. The van der Waals surface area contributed by atoms with Gasteiger partial charge in [0.15, 0.2) is 5.96 Å². The summed E-state index contributed by atoms with van der Waals surface area (Å²) >= 11 is 0. The Kier molecular flexibility index (Phi) is 7.90. The van der Waals surface area contributed by atoms with Crippen LogP contribution in [0.15, 0.2) is 35.3 Å². The molecule has 1 fully saturated rings. The van der Waals surface area contributed by atoms with Crippen molar-refractivity contribution < 1.29 is 9.47 Å². The fourth-order valence-corrected chi connectivity index (χ4v) is 2.94. The topological polar surface area (TPSA) is 54.9 Å². The molecule has 5 heteroatoms. The minimum absolute atomic E-state index is 0.170. The van der Waals surface area contributed by atoms with E-state index >= 15 is 0 Å². The molecule has 0 spiro atoms.